The molecule has 0 fully saturated rings. The summed E-state index contributed by atoms with van der Waals surface area (Å²) in [7, 11) is 0. The van der Waals surface area contributed by atoms with Crippen molar-refractivity contribution < 1.29 is 9.08 Å². The van der Waals surface area contributed by atoms with E-state index in [2.05, 4.69) is 47.8 Å². The van der Waals surface area contributed by atoms with Crippen molar-refractivity contribution in [3.63, 3.8) is 0 Å². The monoisotopic (exact) mass is 441 g/mol. The van der Waals surface area contributed by atoms with E-state index in [1.165, 1.54) is 5.06 Å². The van der Waals surface area contributed by atoms with Crippen LogP contribution in [0.2, 0.25) is 0 Å². The minimum Gasteiger partial charge on any atom is -0.289 e. The van der Waals surface area contributed by atoms with E-state index in [-0.39, 0.29) is 5.78 Å². The Morgan fingerprint density at radius 1 is 1.29 bits per heavy atom. The van der Waals surface area contributed by atoms with E-state index in [9.17, 15) is 4.79 Å². The number of ketones is 1. The number of halogens is 3. The molecule has 0 atom stereocenters. The lowest BCUT2D eigenvalue weighted by Crippen LogP contribution is -2.39. The molecule has 0 amide bonds. The van der Waals surface area contributed by atoms with Gasteiger partial charge in [0.2, 0.25) is 9.14 Å². The predicted molar refractivity (Wildman–Crippen MR) is 78.7 cm³/mol. The molecule has 0 spiro atoms. The number of Topliss-reactive ketones (excluding diaryl/α,β-unsaturated/α-hetero) is 1. The van der Waals surface area contributed by atoms with Gasteiger partial charge in [-0.25, -0.2) is 5.06 Å². The Bertz CT molecular complexity index is 461. The first-order chi connectivity index (χ1) is 8.01. The number of hydrogen-bond acceptors (Lipinski definition) is 4. The van der Waals surface area contributed by atoms with Crippen LogP contribution in [0, 0.1) is 0 Å². The molecule has 1 aromatic rings. The van der Waals surface area contributed by atoms with E-state index >= 15 is 0 Å². The molecular weight excluding hydrogens is 438 g/mol. The Kier molecular flexibility index (Phi) is 4.35. The molecule has 1 aliphatic rings. The largest absolute Gasteiger partial charge is 0.289 e. The van der Waals surface area contributed by atoms with Crippen molar-refractivity contribution in [1.29, 1.82) is 0 Å². The molecule has 1 aromatic carbocycles. The molecule has 1 heterocycles. The van der Waals surface area contributed by atoms with Crippen LogP contribution in [-0.4, -0.2) is 14.2 Å². The van der Waals surface area contributed by atoms with Crippen LogP contribution in [0.1, 0.15) is 10.4 Å². The molecule has 0 bridgehead atoms. The number of carbonyl (C=O) groups is 1. The first-order valence-electron chi connectivity index (χ1n) is 4.49. The minimum atomic E-state index is -1.09. The van der Waals surface area contributed by atoms with Crippen molar-refractivity contribution in [2.24, 2.45) is 0 Å². The maximum absolute atomic E-state index is 12.3. The fourth-order valence-electron chi connectivity index (χ4n) is 1.19. The molecule has 90 valence electrons. The highest BCUT2D eigenvalue weighted by Gasteiger charge is 2.40. The van der Waals surface area contributed by atoms with Crippen molar-refractivity contribution in [2.75, 3.05) is 0 Å². The van der Waals surface area contributed by atoms with E-state index < -0.39 is 3.36 Å². The Morgan fingerprint density at radius 3 is 2.47 bits per heavy atom. The summed E-state index contributed by atoms with van der Waals surface area (Å²) in [6.45, 7) is 0. The fourth-order valence-corrected chi connectivity index (χ4v) is 2.95. The van der Waals surface area contributed by atoms with Crippen LogP contribution in [-0.2, 0) is 4.28 Å². The van der Waals surface area contributed by atoms with Crippen LogP contribution in [0.4, 0.5) is 0 Å². The van der Waals surface area contributed by atoms with Gasteiger partial charge in [-0.15, -0.1) is 0 Å². The number of rotatable bonds is 3. The third kappa shape index (κ3) is 2.96. The van der Waals surface area contributed by atoms with Gasteiger partial charge in [-0.1, -0.05) is 28.1 Å². The number of nitrogens with zero attached hydrogens (tertiary/aromatic N) is 1. The lowest BCUT2D eigenvalue weighted by Gasteiger charge is -2.27. The number of hydrogen-bond donors (Lipinski definition) is 0. The Balaban J connectivity index is 2.24. The minimum absolute atomic E-state index is 0.142. The van der Waals surface area contributed by atoms with Crippen LogP contribution in [0.25, 0.3) is 0 Å². The molecule has 1 aliphatic heterocycles. The molecule has 0 saturated heterocycles. The molecule has 0 unspecified atom stereocenters. The first-order valence-corrected chi connectivity index (χ1v) is 7.68. The van der Waals surface area contributed by atoms with Crippen LogP contribution < -0.4 is 0 Å². The van der Waals surface area contributed by atoms with Gasteiger partial charge in [-0.05, 0) is 44.0 Å². The van der Waals surface area contributed by atoms with Gasteiger partial charge in [0.15, 0.2) is 0 Å². The summed E-state index contributed by atoms with van der Waals surface area (Å²) in [6.07, 6.45) is 1.67. The third-order valence-electron chi connectivity index (χ3n) is 2.03. The maximum atomic E-state index is 12.3. The topological polar surface area (TPSA) is 29.5 Å². The molecule has 0 aliphatic carbocycles. The number of hydroxylamine groups is 2. The van der Waals surface area contributed by atoms with Gasteiger partial charge in [0.05, 0.1) is 12.0 Å². The average Bonchev–Trinajstić information content (AvgIpc) is 2.83. The lowest BCUT2D eigenvalue weighted by molar-refractivity contribution is 0.0100. The molecule has 0 N–H and O–H groups in total. The van der Waals surface area contributed by atoms with Gasteiger partial charge in [0.1, 0.15) is 0 Å². The Morgan fingerprint density at radius 2 is 1.94 bits per heavy atom. The predicted octanol–water partition coefficient (Wildman–Crippen LogP) is 4.44. The quantitative estimate of drug-likeness (QED) is 0.299. The molecule has 0 saturated carbocycles. The van der Waals surface area contributed by atoms with Crippen molar-refractivity contribution in [2.45, 2.75) is 3.36 Å². The van der Waals surface area contributed by atoms with Crippen LogP contribution in [0.5, 0.6) is 0 Å². The van der Waals surface area contributed by atoms with Gasteiger partial charge < -0.3 is 0 Å². The summed E-state index contributed by atoms with van der Waals surface area (Å²) in [5.74, 6) is -0.142. The summed E-state index contributed by atoms with van der Waals surface area (Å²) in [5.41, 5.74) is 0.579. The highest BCUT2D eigenvalue weighted by Crippen LogP contribution is 2.39. The standard InChI is InChI=1S/C10H6Br3NO2S/c11-8-3-1-7(2-4-8)9(15)10(12,13)14-5-6-17-16-14/h1-6H. The molecular formula is C10H6Br3NO2S. The second kappa shape index (κ2) is 5.44. The third-order valence-corrected chi connectivity index (χ3v) is 4.46. The van der Waals surface area contributed by atoms with Gasteiger partial charge in [-0.2, -0.15) is 4.28 Å². The van der Waals surface area contributed by atoms with Gasteiger partial charge in [0.25, 0.3) is 0 Å². The highest BCUT2D eigenvalue weighted by atomic mass is 79.9. The van der Waals surface area contributed by atoms with Crippen molar-refractivity contribution in [3.8, 4) is 0 Å². The van der Waals surface area contributed by atoms with Crippen molar-refractivity contribution in [3.05, 3.63) is 45.9 Å². The SMILES string of the molecule is O=C(c1ccc(Br)cc1)C(Br)(Br)N1C=CSO1. The summed E-state index contributed by atoms with van der Waals surface area (Å²) in [5, 5.41) is 3.15. The molecule has 17 heavy (non-hydrogen) atoms. The summed E-state index contributed by atoms with van der Waals surface area (Å²) in [4.78, 5) is 12.3. The molecule has 2 rings (SSSR count). The zero-order chi connectivity index (χ0) is 12.5. The Labute approximate surface area is 128 Å². The van der Waals surface area contributed by atoms with E-state index in [0.29, 0.717) is 5.56 Å². The Hall–Kier alpha value is 0.180. The smallest absolute Gasteiger partial charge is 0.238 e. The maximum Gasteiger partial charge on any atom is 0.238 e. The molecule has 3 nitrogen and oxygen atoms in total. The number of carbonyl (C=O) groups excluding carboxylic acids is 1. The highest BCUT2D eigenvalue weighted by molar-refractivity contribution is 9.25. The number of benzene rings is 1. The fraction of sp³-hybridized carbons (Fsp3) is 0.100. The van der Waals surface area contributed by atoms with Crippen molar-refractivity contribution >= 4 is 65.6 Å². The second-order valence-corrected chi connectivity index (χ2v) is 8.05. The van der Waals surface area contributed by atoms with Gasteiger partial charge >= 0.3 is 0 Å². The first kappa shape index (κ1) is 13.6. The molecule has 7 heteroatoms. The normalized spacial score (nSPS) is 15.4. The summed E-state index contributed by atoms with van der Waals surface area (Å²) < 4.78 is 5.04. The van der Waals surface area contributed by atoms with Crippen molar-refractivity contribution in [1.82, 2.24) is 5.06 Å². The number of alkyl halides is 2. The van der Waals surface area contributed by atoms with Gasteiger partial charge in [0, 0.05) is 21.6 Å². The summed E-state index contributed by atoms with van der Waals surface area (Å²) in [6, 6.07) is 7.13. The zero-order valence-electron chi connectivity index (χ0n) is 8.27. The lowest BCUT2D eigenvalue weighted by atomic mass is 10.1. The van der Waals surface area contributed by atoms with Crippen LogP contribution >= 0.6 is 59.8 Å². The molecule has 0 aromatic heterocycles. The average molecular weight is 444 g/mol. The molecule has 0 radical (unpaired) electrons. The van der Waals surface area contributed by atoms with E-state index in [4.69, 9.17) is 4.28 Å². The van der Waals surface area contributed by atoms with E-state index in [1.807, 2.05) is 12.1 Å². The zero-order valence-corrected chi connectivity index (χ0v) is 13.8. The van der Waals surface area contributed by atoms with E-state index in [0.717, 1.165) is 16.5 Å². The van der Waals surface area contributed by atoms with Crippen LogP contribution in [0.15, 0.2) is 40.3 Å². The van der Waals surface area contributed by atoms with Gasteiger partial charge in [-0.3, -0.25) is 4.79 Å². The second-order valence-electron chi connectivity index (χ2n) is 3.16. The van der Waals surface area contributed by atoms with Crippen LogP contribution in [0.3, 0.4) is 0 Å². The summed E-state index contributed by atoms with van der Waals surface area (Å²) >= 11 is 11.1. The van der Waals surface area contributed by atoms with E-state index in [1.54, 1.807) is 23.7 Å².